The van der Waals surface area contributed by atoms with E-state index in [4.69, 9.17) is 10.2 Å². The van der Waals surface area contributed by atoms with Crippen LogP contribution in [0.25, 0.3) is 0 Å². The molecule has 0 rings (SSSR count). The van der Waals surface area contributed by atoms with Crippen LogP contribution in [-0.2, 0) is 0 Å². The van der Waals surface area contributed by atoms with Crippen LogP contribution in [0, 0.1) is 0 Å². The van der Waals surface area contributed by atoms with Crippen molar-refractivity contribution in [1.29, 1.82) is 0 Å². The van der Waals surface area contributed by atoms with Crippen LogP contribution in [0.15, 0.2) is 12.0 Å². The van der Waals surface area contributed by atoms with Gasteiger partial charge in [-0.3, -0.25) is 0 Å². The molecule has 0 aliphatic carbocycles. The summed E-state index contributed by atoms with van der Waals surface area (Å²) in [5.74, 6) is 0.107. The minimum Gasteiger partial charge on any atom is -0.512 e. The van der Waals surface area contributed by atoms with Gasteiger partial charge >= 0.3 is 0 Å². The summed E-state index contributed by atoms with van der Waals surface area (Å²) < 4.78 is 0. The maximum atomic E-state index is 8.94. The maximum Gasteiger partial charge on any atom is 0.126 e. The summed E-state index contributed by atoms with van der Waals surface area (Å²) in [7, 11) is 0. The minimum absolute atomic E-state index is 0.107. The van der Waals surface area contributed by atoms with E-state index in [1.165, 1.54) is 38.5 Å². The molecule has 0 aromatic carbocycles. The normalized spacial score (nSPS) is 11.9. The molecule has 84 valence electrons. The Kier molecular flexibility index (Phi) is 9.93. The summed E-state index contributed by atoms with van der Waals surface area (Å²) in [6, 6.07) is 0. The Balaban J connectivity index is 2.99. The van der Waals surface area contributed by atoms with Crippen molar-refractivity contribution in [2.45, 2.75) is 64.7 Å². The molecule has 0 fully saturated rings. The van der Waals surface area contributed by atoms with Gasteiger partial charge in [-0.15, -0.1) is 0 Å². The Morgan fingerprint density at radius 2 is 1.43 bits per heavy atom. The molecule has 0 spiro atoms. The number of aliphatic hydroxyl groups is 2. The van der Waals surface area contributed by atoms with Crippen LogP contribution in [-0.4, -0.2) is 10.2 Å². The first kappa shape index (κ1) is 13.3. The molecular weight excluding hydrogens is 176 g/mol. The molecule has 2 nitrogen and oxygen atoms in total. The monoisotopic (exact) mass is 200 g/mol. The average molecular weight is 200 g/mol. The predicted molar refractivity (Wildman–Crippen MR) is 60.6 cm³/mol. The second-order valence-corrected chi connectivity index (χ2v) is 3.85. The van der Waals surface area contributed by atoms with E-state index in [0.29, 0.717) is 6.42 Å². The molecule has 0 saturated heterocycles. The Morgan fingerprint density at radius 1 is 0.929 bits per heavy atom. The average Bonchev–Trinajstić information content (AvgIpc) is 2.21. The third-order valence-electron chi connectivity index (χ3n) is 2.44. The van der Waals surface area contributed by atoms with Gasteiger partial charge in [-0.25, -0.2) is 0 Å². The Labute approximate surface area is 87.7 Å². The van der Waals surface area contributed by atoms with Gasteiger partial charge in [0.2, 0.25) is 0 Å². The second-order valence-electron chi connectivity index (χ2n) is 3.85. The summed E-state index contributed by atoms with van der Waals surface area (Å²) in [6.07, 6.45) is 11.5. The first-order valence-corrected chi connectivity index (χ1v) is 5.83. The highest BCUT2D eigenvalue weighted by Crippen LogP contribution is 2.11. The number of allylic oxidation sites excluding steroid dienone is 1. The highest BCUT2D eigenvalue weighted by molar-refractivity contribution is 4.82. The van der Waals surface area contributed by atoms with E-state index < -0.39 is 0 Å². The van der Waals surface area contributed by atoms with E-state index >= 15 is 0 Å². The largest absolute Gasteiger partial charge is 0.512 e. The highest BCUT2D eigenvalue weighted by atomic mass is 16.3. The smallest absolute Gasteiger partial charge is 0.126 e. The lowest BCUT2D eigenvalue weighted by Gasteiger charge is -2.00. The highest BCUT2D eigenvalue weighted by Gasteiger charge is 1.94. The van der Waals surface area contributed by atoms with Crippen molar-refractivity contribution in [3.8, 4) is 0 Å². The molecule has 0 aliphatic heterocycles. The molecule has 0 aromatic rings. The first-order chi connectivity index (χ1) is 6.81. The molecule has 0 aromatic heterocycles. The molecule has 0 heterocycles. The Hall–Kier alpha value is -0.660. The van der Waals surface area contributed by atoms with Gasteiger partial charge in [0.15, 0.2) is 0 Å². The van der Waals surface area contributed by atoms with Gasteiger partial charge < -0.3 is 10.2 Å². The Bertz CT molecular complexity index is 141. The summed E-state index contributed by atoms with van der Waals surface area (Å²) in [6.45, 7) is 2.23. The fraction of sp³-hybridized carbons (Fsp3) is 0.833. The van der Waals surface area contributed by atoms with Crippen molar-refractivity contribution < 1.29 is 10.2 Å². The van der Waals surface area contributed by atoms with Crippen LogP contribution < -0.4 is 0 Å². The molecule has 0 saturated carbocycles. The van der Waals surface area contributed by atoms with Crippen molar-refractivity contribution >= 4 is 0 Å². The number of aliphatic hydroxyl groups excluding tert-OH is 2. The van der Waals surface area contributed by atoms with Crippen LogP contribution in [0.2, 0.25) is 0 Å². The summed E-state index contributed by atoms with van der Waals surface area (Å²) in [5, 5.41) is 17.4. The molecule has 0 amide bonds. The zero-order chi connectivity index (χ0) is 10.6. The third kappa shape index (κ3) is 9.43. The standard InChI is InChI=1S/C12H24O2/c1-2-3-4-5-6-7-8-9-10-12(14)11-13/h11,13-14H,2-10H2,1H3. The van der Waals surface area contributed by atoms with Crippen molar-refractivity contribution in [3.05, 3.63) is 12.0 Å². The minimum atomic E-state index is 0.107. The second kappa shape index (κ2) is 10.4. The molecule has 0 radical (unpaired) electrons. The van der Waals surface area contributed by atoms with Crippen LogP contribution in [0.4, 0.5) is 0 Å². The molecule has 0 unspecified atom stereocenters. The summed E-state index contributed by atoms with van der Waals surface area (Å²) >= 11 is 0. The van der Waals surface area contributed by atoms with Crippen molar-refractivity contribution in [3.63, 3.8) is 0 Å². The van der Waals surface area contributed by atoms with E-state index in [1.54, 1.807) is 0 Å². The van der Waals surface area contributed by atoms with E-state index in [0.717, 1.165) is 19.1 Å². The fourth-order valence-corrected chi connectivity index (χ4v) is 1.50. The van der Waals surface area contributed by atoms with Gasteiger partial charge in [0.1, 0.15) is 12.0 Å². The van der Waals surface area contributed by atoms with E-state index in [-0.39, 0.29) is 5.76 Å². The number of unbranched alkanes of at least 4 members (excludes halogenated alkanes) is 7. The van der Waals surface area contributed by atoms with E-state index in [2.05, 4.69) is 6.92 Å². The maximum absolute atomic E-state index is 8.94. The van der Waals surface area contributed by atoms with E-state index in [9.17, 15) is 0 Å². The van der Waals surface area contributed by atoms with Crippen molar-refractivity contribution in [1.82, 2.24) is 0 Å². The van der Waals surface area contributed by atoms with Crippen molar-refractivity contribution in [2.24, 2.45) is 0 Å². The lowest BCUT2D eigenvalue weighted by molar-refractivity contribution is 0.338. The number of hydrogen-bond donors (Lipinski definition) is 2. The predicted octanol–water partition coefficient (Wildman–Crippen LogP) is 4.47. The number of rotatable bonds is 9. The van der Waals surface area contributed by atoms with Gasteiger partial charge in [-0.2, -0.15) is 0 Å². The van der Waals surface area contributed by atoms with Gasteiger partial charge in [-0.05, 0) is 6.42 Å². The van der Waals surface area contributed by atoms with Crippen molar-refractivity contribution in [2.75, 3.05) is 0 Å². The summed E-state index contributed by atoms with van der Waals surface area (Å²) in [5.41, 5.74) is 0. The molecule has 0 atom stereocenters. The van der Waals surface area contributed by atoms with Gasteiger partial charge in [-0.1, -0.05) is 51.9 Å². The van der Waals surface area contributed by atoms with Crippen LogP contribution in [0.5, 0.6) is 0 Å². The van der Waals surface area contributed by atoms with Crippen LogP contribution in [0.3, 0.4) is 0 Å². The lowest BCUT2D eigenvalue weighted by atomic mass is 10.1. The topological polar surface area (TPSA) is 40.5 Å². The third-order valence-corrected chi connectivity index (χ3v) is 2.44. The lowest BCUT2D eigenvalue weighted by Crippen LogP contribution is -1.84. The molecule has 2 heteroatoms. The zero-order valence-corrected chi connectivity index (χ0v) is 9.34. The van der Waals surface area contributed by atoms with Gasteiger partial charge in [0.25, 0.3) is 0 Å². The molecule has 0 bridgehead atoms. The molecule has 14 heavy (non-hydrogen) atoms. The van der Waals surface area contributed by atoms with E-state index in [1.807, 2.05) is 0 Å². The quantitative estimate of drug-likeness (QED) is 0.425. The summed E-state index contributed by atoms with van der Waals surface area (Å²) in [4.78, 5) is 0. The molecular formula is C12H24O2. The molecule has 0 aliphatic rings. The van der Waals surface area contributed by atoms with Gasteiger partial charge in [0, 0.05) is 6.42 Å². The van der Waals surface area contributed by atoms with Crippen LogP contribution in [0.1, 0.15) is 64.7 Å². The van der Waals surface area contributed by atoms with Crippen LogP contribution >= 0.6 is 0 Å². The fourth-order valence-electron chi connectivity index (χ4n) is 1.50. The SMILES string of the molecule is CCCCCCCCCCC(O)=CO. The first-order valence-electron chi connectivity index (χ1n) is 5.83. The Morgan fingerprint density at radius 3 is 1.93 bits per heavy atom. The molecule has 2 N–H and O–H groups in total. The van der Waals surface area contributed by atoms with Gasteiger partial charge in [0.05, 0.1) is 0 Å². The number of hydrogen-bond acceptors (Lipinski definition) is 2. The zero-order valence-electron chi connectivity index (χ0n) is 9.34.